The van der Waals surface area contributed by atoms with Gasteiger partial charge in [0.05, 0.1) is 6.61 Å². The van der Waals surface area contributed by atoms with Crippen molar-refractivity contribution in [2.75, 3.05) is 7.11 Å². The fourth-order valence-electron chi connectivity index (χ4n) is 1.37. The first-order chi connectivity index (χ1) is 7.13. The number of carbonyl (C=O) groups is 1. The summed E-state index contributed by atoms with van der Waals surface area (Å²) in [5.74, 6) is -1.19. The molecule has 0 amide bonds. The third kappa shape index (κ3) is 3.67. The molecular formula is C11H13FO3. The minimum atomic E-state index is -0.859. The van der Waals surface area contributed by atoms with Gasteiger partial charge in [-0.3, -0.25) is 4.79 Å². The number of rotatable bonds is 5. The number of hydrogen-bond donors (Lipinski definition) is 1. The molecule has 0 aliphatic heterocycles. The highest BCUT2D eigenvalue weighted by atomic mass is 19.1. The summed E-state index contributed by atoms with van der Waals surface area (Å²) >= 11 is 0. The van der Waals surface area contributed by atoms with E-state index >= 15 is 0 Å². The molecule has 0 aliphatic rings. The summed E-state index contributed by atoms with van der Waals surface area (Å²) in [4.78, 5) is 10.4. The van der Waals surface area contributed by atoms with E-state index in [2.05, 4.69) is 0 Å². The van der Waals surface area contributed by atoms with Crippen molar-refractivity contribution in [3.63, 3.8) is 0 Å². The minimum Gasteiger partial charge on any atom is -0.481 e. The standard InChI is InChI=1S/C11H13FO3/c1-15-7-9-6-10(12)4-2-8(9)3-5-11(13)14/h2,4,6H,3,5,7H2,1H3,(H,13,14). The number of carboxylic acid groups (broad SMARTS) is 1. The van der Waals surface area contributed by atoms with Crippen LogP contribution in [0.25, 0.3) is 0 Å². The van der Waals surface area contributed by atoms with E-state index in [-0.39, 0.29) is 12.2 Å². The van der Waals surface area contributed by atoms with Gasteiger partial charge < -0.3 is 9.84 Å². The number of ether oxygens (including phenoxy) is 1. The molecule has 0 unspecified atom stereocenters. The monoisotopic (exact) mass is 212 g/mol. The van der Waals surface area contributed by atoms with Gasteiger partial charge in [-0.25, -0.2) is 4.39 Å². The van der Waals surface area contributed by atoms with Crippen LogP contribution in [0.15, 0.2) is 18.2 Å². The summed E-state index contributed by atoms with van der Waals surface area (Å²) in [5, 5.41) is 8.54. The fraction of sp³-hybridized carbons (Fsp3) is 0.364. The summed E-state index contributed by atoms with van der Waals surface area (Å²) in [7, 11) is 1.52. The molecule has 1 aromatic carbocycles. The van der Waals surface area contributed by atoms with Crippen LogP contribution >= 0.6 is 0 Å². The smallest absolute Gasteiger partial charge is 0.303 e. The lowest BCUT2D eigenvalue weighted by Crippen LogP contribution is -2.02. The molecule has 0 atom stereocenters. The Labute approximate surface area is 87.5 Å². The number of hydrogen-bond acceptors (Lipinski definition) is 2. The van der Waals surface area contributed by atoms with Crippen LogP contribution in [0.4, 0.5) is 4.39 Å². The minimum absolute atomic E-state index is 0.0440. The molecule has 0 aromatic heterocycles. The van der Waals surface area contributed by atoms with Gasteiger partial charge in [0.15, 0.2) is 0 Å². The lowest BCUT2D eigenvalue weighted by molar-refractivity contribution is -0.136. The molecule has 3 nitrogen and oxygen atoms in total. The van der Waals surface area contributed by atoms with Crippen LogP contribution < -0.4 is 0 Å². The number of aliphatic carboxylic acids is 1. The summed E-state index contributed by atoms with van der Waals surface area (Å²) < 4.78 is 17.8. The molecule has 0 saturated heterocycles. The summed E-state index contributed by atoms with van der Waals surface area (Å²) in [6.07, 6.45) is 0.441. The van der Waals surface area contributed by atoms with Crippen LogP contribution in [0.3, 0.4) is 0 Å². The second-order valence-corrected chi connectivity index (χ2v) is 3.24. The second kappa shape index (κ2) is 5.46. The van der Waals surface area contributed by atoms with E-state index in [1.165, 1.54) is 19.2 Å². The second-order valence-electron chi connectivity index (χ2n) is 3.24. The van der Waals surface area contributed by atoms with Crippen molar-refractivity contribution < 1.29 is 19.0 Å². The Morgan fingerprint density at radius 1 is 1.47 bits per heavy atom. The highest BCUT2D eigenvalue weighted by Gasteiger charge is 2.06. The predicted molar refractivity (Wildman–Crippen MR) is 53.1 cm³/mol. The van der Waals surface area contributed by atoms with Crippen LogP contribution in [0, 0.1) is 5.82 Å². The average molecular weight is 212 g/mol. The largest absolute Gasteiger partial charge is 0.481 e. The van der Waals surface area contributed by atoms with E-state index in [1.54, 1.807) is 6.07 Å². The SMILES string of the molecule is COCc1cc(F)ccc1CCC(=O)O. The van der Waals surface area contributed by atoms with Gasteiger partial charge in [0.2, 0.25) is 0 Å². The zero-order valence-electron chi connectivity index (χ0n) is 8.50. The lowest BCUT2D eigenvalue weighted by Gasteiger charge is -2.07. The third-order valence-corrected chi connectivity index (χ3v) is 2.08. The van der Waals surface area contributed by atoms with Crippen molar-refractivity contribution in [2.45, 2.75) is 19.4 Å². The molecule has 0 saturated carbocycles. The van der Waals surface area contributed by atoms with Gasteiger partial charge in [0, 0.05) is 13.5 Å². The molecule has 0 bridgehead atoms. The maximum atomic E-state index is 12.9. The Balaban J connectivity index is 2.80. The first-order valence-electron chi connectivity index (χ1n) is 4.61. The maximum absolute atomic E-state index is 12.9. The first kappa shape index (κ1) is 11.7. The molecule has 0 fully saturated rings. The molecule has 0 spiro atoms. The van der Waals surface area contributed by atoms with Crippen LogP contribution in [-0.4, -0.2) is 18.2 Å². The van der Waals surface area contributed by atoms with Gasteiger partial charge in [-0.15, -0.1) is 0 Å². The molecule has 1 N–H and O–H groups in total. The van der Waals surface area contributed by atoms with Crippen LogP contribution in [0.5, 0.6) is 0 Å². The summed E-state index contributed by atoms with van der Waals surface area (Å²) in [6, 6.07) is 4.31. The number of carboxylic acids is 1. The van der Waals surface area contributed by atoms with E-state index < -0.39 is 5.97 Å². The molecule has 82 valence electrons. The molecule has 4 heteroatoms. The highest BCUT2D eigenvalue weighted by molar-refractivity contribution is 5.67. The van der Waals surface area contributed by atoms with E-state index in [4.69, 9.17) is 9.84 Å². The van der Waals surface area contributed by atoms with E-state index in [1.807, 2.05) is 0 Å². The normalized spacial score (nSPS) is 10.3. The van der Waals surface area contributed by atoms with Gasteiger partial charge in [0.25, 0.3) is 0 Å². The number of methoxy groups -OCH3 is 1. The maximum Gasteiger partial charge on any atom is 0.303 e. The van der Waals surface area contributed by atoms with Crippen molar-refractivity contribution in [1.82, 2.24) is 0 Å². The Morgan fingerprint density at radius 2 is 2.20 bits per heavy atom. The Kier molecular flexibility index (Phi) is 4.24. The predicted octanol–water partition coefficient (Wildman–Crippen LogP) is 1.99. The van der Waals surface area contributed by atoms with Crippen molar-refractivity contribution in [3.05, 3.63) is 35.1 Å². The van der Waals surface area contributed by atoms with Gasteiger partial charge in [-0.05, 0) is 29.7 Å². The van der Waals surface area contributed by atoms with Gasteiger partial charge in [0.1, 0.15) is 5.82 Å². The van der Waals surface area contributed by atoms with Crippen LogP contribution in [-0.2, 0) is 22.6 Å². The zero-order chi connectivity index (χ0) is 11.3. The van der Waals surface area contributed by atoms with E-state index in [9.17, 15) is 9.18 Å². The molecule has 1 aromatic rings. The highest BCUT2D eigenvalue weighted by Crippen LogP contribution is 2.14. The molecule has 0 heterocycles. The van der Waals surface area contributed by atoms with Crippen molar-refractivity contribution in [3.8, 4) is 0 Å². The number of aryl methyl sites for hydroxylation is 1. The lowest BCUT2D eigenvalue weighted by atomic mass is 10.0. The topological polar surface area (TPSA) is 46.5 Å². The molecule has 0 radical (unpaired) electrons. The first-order valence-corrected chi connectivity index (χ1v) is 4.61. The fourth-order valence-corrected chi connectivity index (χ4v) is 1.37. The number of halogens is 1. The van der Waals surface area contributed by atoms with Gasteiger partial charge >= 0.3 is 5.97 Å². The molecule has 15 heavy (non-hydrogen) atoms. The van der Waals surface area contributed by atoms with Gasteiger partial charge in [-0.1, -0.05) is 6.07 Å². The quantitative estimate of drug-likeness (QED) is 0.811. The van der Waals surface area contributed by atoms with E-state index in [0.29, 0.717) is 18.6 Å². The van der Waals surface area contributed by atoms with Crippen LogP contribution in [0.2, 0.25) is 0 Å². The Hall–Kier alpha value is -1.42. The van der Waals surface area contributed by atoms with Crippen molar-refractivity contribution >= 4 is 5.97 Å². The van der Waals surface area contributed by atoms with Crippen molar-refractivity contribution in [1.29, 1.82) is 0 Å². The van der Waals surface area contributed by atoms with Gasteiger partial charge in [-0.2, -0.15) is 0 Å². The third-order valence-electron chi connectivity index (χ3n) is 2.08. The average Bonchev–Trinajstić information content (AvgIpc) is 2.17. The zero-order valence-corrected chi connectivity index (χ0v) is 8.50. The Morgan fingerprint density at radius 3 is 2.80 bits per heavy atom. The van der Waals surface area contributed by atoms with Crippen molar-refractivity contribution in [2.24, 2.45) is 0 Å². The Bertz CT molecular complexity index is 350. The van der Waals surface area contributed by atoms with E-state index in [0.717, 1.165) is 5.56 Å². The molecular weight excluding hydrogens is 199 g/mol. The summed E-state index contributed by atoms with van der Waals surface area (Å²) in [6.45, 7) is 0.298. The molecule has 1 rings (SSSR count). The summed E-state index contributed by atoms with van der Waals surface area (Å²) in [5.41, 5.74) is 1.53. The van der Waals surface area contributed by atoms with Crippen LogP contribution in [0.1, 0.15) is 17.5 Å². The number of benzene rings is 1. The molecule has 0 aliphatic carbocycles.